The first-order chi connectivity index (χ1) is 27.8. The van der Waals surface area contributed by atoms with Crippen LogP contribution >= 0.6 is 11.8 Å². The third-order valence-corrected chi connectivity index (χ3v) is 10.3. The highest BCUT2D eigenvalue weighted by atomic mass is 32.2. The second-order valence-corrected chi connectivity index (χ2v) is 14.2. The maximum atomic E-state index is 13.5. The number of aliphatic hydroxyl groups excluding tert-OH is 1. The van der Waals surface area contributed by atoms with E-state index < -0.39 is 78.8 Å². The van der Waals surface area contributed by atoms with E-state index in [2.05, 4.69) is 0 Å². The van der Waals surface area contributed by atoms with Crippen LogP contribution in [-0.2, 0) is 33.2 Å². The Balaban J connectivity index is 1.13. The molecule has 0 spiro atoms. The van der Waals surface area contributed by atoms with E-state index in [-0.39, 0.29) is 23.3 Å². The summed E-state index contributed by atoms with van der Waals surface area (Å²) >= 11 is 1.26. The van der Waals surface area contributed by atoms with Gasteiger partial charge in [0.25, 0.3) is 0 Å². The number of thioether (sulfide) groups is 1. The number of hydrogen-bond acceptors (Lipinski definition) is 13. The molecule has 292 valence electrons. The molecule has 2 aliphatic heterocycles. The molecule has 1 N–H and O–H groups in total. The molecule has 12 nitrogen and oxygen atoms in total. The van der Waals surface area contributed by atoms with Gasteiger partial charge < -0.3 is 38.3 Å². The maximum Gasteiger partial charge on any atom is 0.338 e. The third-order valence-electron chi connectivity index (χ3n) is 9.13. The zero-order valence-electron chi connectivity index (χ0n) is 30.3. The normalized spacial score (nSPS) is 23.9. The van der Waals surface area contributed by atoms with Gasteiger partial charge in [-0.2, -0.15) is 0 Å². The van der Waals surface area contributed by atoms with Gasteiger partial charge in [-0.3, -0.25) is 0 Å². The molecular formula is C44H38O12S. The van der Waals surface area contributed by atoms with Gasteiger partial charge in [0.2, 0.25) is 0 Å². The first-order valence-electron chi connectivity index (χ1n) is 18.2. The summed E-state index contributed by atoms with van der Waals surface area (Å²) in [7, 11) is 0. The molecule has 5 aromatic rings. The quantitative estimate of drug-likeness (QED) is 0.101. The van der Waals surface area contributed by atoms with Gasteiger partial charge in [0.05, 0.1) is 28.9 Å². The molecule has 57 heavy (non-hydrogen) atoms. The lowest BCUT2D eigenvalue weighted by Gasteiger charge is -2.25. The van der Waals surface area contributed by atoms with Crippen LogP contribution in [0.5, 0.6) is 0 Å². The summed E-state index contributed by atoms with van der Waals surface area (Å²) in [5.41, 5.74) is 0.165. The van der Waals surface area contributed by atoms with Crippen molar-refractivity contribution in [2.45, 2.75) is 53.2 Å². The smallest absolute Gasteiger partial charge is 0.338 e. The van der Waals surface area contributed by atoms with Crippen molar-refractivity contribution in [2.75, 3.05) is 13.2 Å². The van der Waals surface area contributed by atoms with Crippen LogP contribution in [0.4, 0.5) is 0 Å². The van der Waals surface area contributed by atoms with Crippen molar-refractivity contribution in [3.63, 3.8) is 0 Å². The fourth-order valence-electron chi connectivity index (χ4n) is 6.22. The minimum atomic E-state index is -1.41. The molecule has 2 fully saturated rings. The highest BCUT2D eigenvalue weighted by Gasteiger charge is 2.53. The zero-order valence-corrected chi connectivity index (χ0v) is 31.1. The molecule has 2 saturated heterocycles. The van der Waals surface area contributed by atoms with E-state index in [0.717, 1.165) is 4.90 Å². The Morgan fingerprint density at radius 2 is 0.912 bits per heavy atom. The van der Waals surface area contributed by atoms with E-state index in [9.17, 15) is 24.3 Å². The summed E-state index contributed by atoms with van der Waals surface area (Å²) in [4.78, 5) is 54.0. The van der Waals surface area contributed by atoms with Crippen molar-refractivity contribution >= 4 is 35.6 Å². The molecule has 8 atom stereocenters. The van der Waals surface area contributed by atoms with Gasteiger partial charge in [-0.15, -0.1) is 0 Å². The average molecular weight is 791 g/mol. The lowest BCUT2D eigenvalue weighted by atomic mass is 10.1. The van der Waals surface area contributed by atoms with Crippen LogP contribution in [0.2, 0.25) is 0 Å². The van der Waals surface area contributed by atoms with Gasteiger partial charge in [0, 0.05) is 4.90 Å². The minimum absolute atomic E-state index is 0.210. The summed E-state index contributed by atoms with van der Waals surface area (Å²) in [5, 5.41) is 11.6. The molecule has 0 aliphatic carbocycles. The fourth-order valence-corrected chi connectivity index (χ4v) is 7.36. The Labute approximate surface area is 332 Å². The third kappa shape index (κ3) is 9.95. The van der Waals surface area contributed by atoms with Crippen molar-refractivity contribution in [1.29, 1.82) is 0 Å². The number of rotatable bonds is 14. The Morgan fingerprint density at radius 3 is 1.40 bits per heavy atom. The van der Waals surface area contributed by atoms with Gasteiger partial charge in [-0.1, -0.05) is 103 Å². The molecule has 0 bridgehead atoms. The second kappa shape index (κ2) is 18.9. The molecule has 5 aromatic carbocycles. The Bertz CT molecular complexity index is 2090. The number of carbonyl (C=O) groups is 4. The summed E-state index contributed by atoms with van der Waals surface area (Å²) in [5.74, 6) is -2.81. The number of benzene rings is 5. The van der Waals surface area contributed by atoms with Crippen molar-refractivity contribution in [3.05, 3.63) is 174 Å². The summed E-state index contributed by atoms with van der Waals surface area (Å²) in [6, 6.07) is 42.3. The van der Waals surface area contributed by atoms with Crippen molar-refractivity contribution in [3.8, 4) is 0 Å². The standard InChI is InChI=1S/C44H38O12S/c45-35-33(53-44(57-32-24-14-5-15-25-32)37(35)55-41(48)30-20-10-3-11-21-30)26-51-43-38(56-42(49)31-22-12-4-13-23-31)36(54-40(47)29-18-8-2-9-19-29)34(52-43)27-50-39(46)28-16-6-1-7-17-28/h1-25,33-38,43-45H,26-27H2/t33-,34-,35-,36-,37+,38+,43+,44-/m1/s1. The zero-order chi connectivity index (χ0) is 39.6. The second-order valence-electron chi connectivity index (χ2n) is 13.0. The van der Waals surface area contributed by atoms with Crippen molar-refractivity contribution < 1.29 is 57.4 Å². The molecular weight excluding hydrogens is 753 g/mol. The minimum Gasteiger partial charge on any atom is -0.459 e. The summed E-state index contributed by atoms with van der Waals surface area (Å²) in [6.45, 7) is -0.748. The van der Waals surface area contributed by atoms with Crippen LogP contribution in [0.1, 0.15) is 41.4 Å². The number of carbonyl (C=O) groups excluding carboxylic acids is 4. The first kappa shape index (κ1) is 39.4. The van der Waals surface area contributed by atoms with Crippen LogP contribution in [-0.4, -0.2) is 90.5 Å². The number of hydrogen-bond donors (Lipinski definition) is 1. The van der Waals surface area contributed by atoms with Crippen LogP contribution in [0.3, 0.4) is 0 Å². The van der Waals surface area contributed by atoms with Crippen LogP contribution in [0, 0.1) is 0 Å². The molecule has 7 rings (SSSR count). The molecule has 13 heteroatoms. The van der Waals surface area contributed by atoms with Gasteiger partial charge in [0.15, 0.2) is 24.6 Å². The average Bonchev–Trinajstić information content (AvgIpc) is 3.73. The predicted molar refractivity (Wildman–Crippen MR) is 205 cm³/mol. The molecule has 0 aromatic heterocycles. The van der Waals surface area contributed by atoms with Crippen LogP contribution in [0.25, 0.3) is 0 Å². The lowest BCUT2D eigenvalue weighted by Crippen LogP contribution is -2.43. The van der Waals surface area contributed by atoms with Crippen molar-refractivity contribution in [1.82, 2.24) is 0 Å². The number of aliphatic hydroxyl groups is 1. The SMILES string of the molecule is O=C(OC[C@H]1O[C@H](OC[C@H]2O[C@H](Sc3ccccc3)[C@@H](OC(=O)c3ccccc3)[C@@H]2O)[C@@H](OC(=O)c2ccccc2)[C@@H]1OC(=O)c1ccccc1)c1ccccc1. The van der Waals surface area contributed by atoms with E-state index in [1.807, 2.05) is 30.3 Å². The van der Waals surface area contributed by atoms with Crippen LogP contribution in [0.15, 0.2) is 157 Å². The van der Waals surface area contributed by atoms with Gasteiger partial charge >= 0.3 is 23.9 Å². The van der Waals surface area contributed by atoms with E-state index in [4.69, 9.17) is 33.2 Å². The highest BCUT2D eigenvalue weighted by molar-refractivity contribution is 7.99. The number of esters is 4. The van der Waals surface area contributed by atoms with Crippen molar-refractivity contribution in [2.24, 2.45) is 0 Å². The molecule has 2 aliphatic rings. The topological polar surface area (TPSA) is 153 Å². The summed E-state index contributed by atoms with van der Waals surface area (Å²) < 4.78 is 42.1. The Hall–Kier alpha value is -5.83. The Kier molecular flexibility index (Phi) is 13.0. The van der Waals surface area contributed by atoms with Gasteiger partial charge in [-0.05, 0) is 60.7 Å². The van der Waals surface area contributed by atoms with E-state index in [1.165, 1.54) is 11.8 Å². The molecule has 0 radical (unpaired) electrons. The molecule has 0 saturated carbocycles. The highest BCUT2D eigenvalue weighted by Crippen LogP contribution is 2.37. The lowest BCUT2D eigenvalue weighted by molar-refractivity contribution is -0.188. The maximum absolute atomic E-state index is 13.5. The van der Waals surface area contributed by atoms with Gasteiger partial charge in [-0.25, -0.2) is 19.2 Å². The predicted octanol–water partition coefficient (Wildman–Crippen LogP) is 6.14. The monoisotopic (exact) mass is 790 g/mol. The largest absolute Gasteiger partial charge is 0.459 e. The summed E-state index contributed by atoms with van der Waals surface area (Å²) in [6.07, 6.45) is -8.82. The van der Waals surface area contributed by atoms with E-state index >= 15 is 0 Å². The van der Waals surface area contributed by atoms with E-state index in [1.54, 1.807) is 121 Å². The first-order valence-corrected chi connectivity index (χ1v) is 19.0. The Morgan fingerprint density at radius 1 is 0.491 bits per heavy atom. The molecule has 2 heterocycles. The molecule has 0 amide bonds. The van der Waals surface area contributed by atoms with Gasteiger partial charge in [0.1, 0.15) is 30.4 Å². The molecule has 0 unspecified atom stereocenters. The fraction of sp³-hybridized carbons (Fsp3) is 0.227. The number of ether oxygens (including phenoxy) is 7. The van der Waals surface area contributed by atoms with E-state index in [0.29, 0.717) is 5.56 Å². The van der Waals surface area contributed by atoms with Crippen LogP contribution < -0.4 is 0 Å².